The third-order valence-electron chi connectivity index (χ3n) is 5.70. The minimum atomic E-state index is -0.623. The molecule has 0 spiro atoms. The molecule has 188 valence electrons. The summed E-state index contributed by atoms with van der Waals surface area (Å²) in [6.45, 7) is 8.47. The van der Waals surface area contributed by atoms with Crippen molar-refractivity contribution in [2.45, 2.75) is 59.1 Å². The quantitative estimate of drug-likeness (QED) is 0.395. The molecule has 0 atom stereocenters. The number of hydrogen-bond acceptors (Lipinski definition) is 6. The lowest BCUT2D eigenvalue weighted by Gasteiger charge is -2.32. The highest BCUT2D eigenvalue weighted by atomic mass is 35.5. The molecule has 0 radical (unpaired) electrons. The van der Waals surface area contributed by atoms with Gasteiger partial charge in [0, 0.05) is 19.5 Å². The fourth-order valence-corrected chi connectivity index (χ4v) is 4.30. The van der Waals surface area contributed by atoms with Crippen LogP contribution in [-0.2, 0) is 27.2 Å². The molecule has 1 amide bonds. The summed E-state index contributed by atoms with van der Waals surface area (Å²) in [4.78, 5) is 42.5. The van der Waals surface area contributed by atoms with Gasteiger partial charge >= 0.3 is 12.1 Å². The van der Waals surface area contributed by atoms with Gasteiger partial charge in [-0.3, -0.25) is 4.79 Å². The van der Waals surface area contributed by atoms with E-state index in [9.17, 15) is 14.4 Å². The van der Waals surface area contributed by atoms with Crippen molar-refractivity contribution in [1.29, 1.82) is 0 Å². The zero-order valence-electron chi connectivity index (χ0n) is 20.9. The topological polar surface area (TPSA) is 90.7 Å². The first-order valence-electron chi connectivity index (χ1n) is 11.7. The Morgan fingerprint density at radius 3 is 2.46 bits per heavy atom. The number of halogens is 1. The fourth-order valence-electron chi connectivity index (χ4n) is 4.05. The van der Waals surface area contributed by atoms with Gasteiger partial charge in [-0.25, -0.2) is 14.6 Å². The number of carbonyl (C=O) groups excluding carboxylic acids is 3. The molecule has 2 aromatic rings. The van der Waals surface area contributed by atoms with Crippen molar-refractivity contribution >= 4 is 35.5 Å². The van der Waals surface area contributed by atoms with Crippen LogP contribution < -0.4 is 0 Å². The zero-order chi connectivity index (χ0) is 25.8. The van der Waals surface area contributed by atoms with Crippen LogP contribution in [0.5, 0.6) is 0 Å². The number of methoxy groups -OCH3 is 1. The number of aromatic nitrogens is 2. The van der Waals surface area contributed by atoms with E-state index >= 15 is 0 Å². The number of nitrogens with zero attached hydrogens (tertiary/aromatic N) is 3. The Hall–Kier alpha value is -3.13. The summed E-state index contributed by atoms with van der Waals surface area (Å²) in [7, 11) is 1.33. The van der Waals surface area contributed by atoms with Gasteiger partial charge in [0.2, 0.25) is 0 Å². The van der Waals surface area contributed by atoms with Gasteiger partial charge in [-0.2, -0.15) is 0 Å². The molecule has 9 heteroatoms. The summed E-state index contributed by atoms with van der Waals surface area (Å²) >= 11 is 6.16. The van der Waals surface area contributed by atoms with Crippen LogP contribution in [0.3, 0.4) is 0 Å². The number of esters is 1. The Morgan fingerprint density at radius 1 is 1.20 bits per heavy atom. The predicted molar refractivity (Wildman–Crippen MR) is 134 cm³/mol. The maximum Gasteiger partial charge on any atom is 0.410 e. The van der Waals surface area contributed by atoms with E-state index in [1.165, 1.54) is 12.0 Å². The molecule has 0 aliphatic carbocycles. The Kier molecular flexibility index (Phi) is 8.38. The second-order valence-electron chi connectivity index (χ2n) is 9.46. The van der Waals surface area contributed by atoms with Gasteiger partial charge in [-0.15, -0.1) is 0 Å². The molecule has 8 nitrogen and oxygen atoms in total. The van der Waals surface area contributed by atoms with Crippen LogP contribution >= 0.6 is 11.6 Å². The fraction of sp³-hybridized carbons (Fsp3) is 0.462. The number of amides is 1. The Labute approximate surface area is 210 Å². The maximum absolute atomic E-state index is 12.6. The normalized spacial score (nSPS) is 14.2. The Balaban J connectivity index is 1.86. The number of carbonyl (C=O) groups is 3. The van der Waals surface area contributed by atoms with Gasteiger partial charge in [0.25, 0.3) is 0 Å². The lowest BCUT2D eigenvalue weighted by atomic mass is 9.93. The third kappa shape index (κ3) is 6.31. The molecule has 0 saturated heterocycles. The van der Waals surface area contributed by atoms with Crippen LogP contribution in [0.1, 0.15) is 68.0 Å². The highest BCUT2D eigenvalue weighted by Gasteiger charge is 2.30. The number of imidazole rings is 1. The van der Waals surface area contributed by atoms with E-state index in [0.717, 1.165) is 41.7 Å². The van der Waals surface area contributed by atoms with Crippen molar-refractivity contribution in [3.63, 3.8) is 0 Å². The van der Waals surface area contributed by atoms with E-state index < -0.39 is 17.7 Å². The summed E-state index contributed by atoms with van der Waals surface area (Å²) < 4.78 is 12.3. The summed E-state index contributed by atoms with van der Waals surface area (Å²) in [5, 5.41) is 0.213. The second-order valence-corrected chi connectivity index (χ2v) is 9.81. The number of hydrogen-bond donors (Lipinski definition) is 0. The number of ether oxygens (including phenoxy) is 2. The number of aldehydes is 1. The molecular formula is C26H32ClN3O5. The first-order chi connectivity index (χ1) is 16.6. The minimum absolute atomic E-state index is 0.120. The Bertz CT molecular complexity index is 1130. The highest BCUT2D eigenvalue weighted by Crippen LogP contribution is 2.30. The molecule has 1 aliphatic heterocycles. The molecule has 3 rings (SSSR count). The Morgan fingerprint density at radius 2 is 1.89 bits per heavy atom. The van der Waals surface area contributed by atoms with Crippen molar-refractivity contribution in [3.8, 4) is 0 Å². The van der Waals surface area contributed by atoms with E-state index in [1.54, 1.807) is 20.8 Å². The third-order valence-corrected chi connectivity index (χ3v) is 5.98. The second kappa shape index (κ2) is 11.1. The van der Waals surface area contributed by atoms with Gasteiger partial charge in [-0.1, -0.05) is 42.8 Å². The molecule has 35 heavy (non-hydrogen) atoms. The molecule has 2 heterocycles. The molecule has 1 aliphatic rings. The SMILES string of the molecule is CCCc1nc(Cl)c(C=O)n1Cc1ccc(C2=C(C(=O)OC)CN(C(=O)OC(C)(C)C)CC2)cc1. The van der Waals surface area contributed by atoms with Gasteiger partial charge in [-0.05, 0) is 50.3 Å². The van der Waals surface area contributed by atoms with Crippen molar-refractivity contribution in [3.05, 3.63) is 57.6 Å². The van der Waals surface area contributed by atoms with E-state index in [0.29, 0.717) is 30.8 Å². The highest BCUT2D eigenvalue weighted by molar-refractivity contribution is 6.31. The molecule has 0 saturated carbocycles. The summed E-state index contributed by atoms with van der Waals surface area (Å²) in [5.41, 5.74) is 2.87. The average molecular weight is 502 g/mol. The molecule has 0 fully saturated rings. The van der Waals surface area contributed by atoms with Crippen LogP contribution in [0.15, 0.2) is 29.8 Å². The van der Waals surface area contributed by atoms with Crippen LogP contribution in [0.25, 0.3) is 5.57 Å². The molecule has 0 unspecified atom stereocenters. The molecular weight excluding hydrogens is 470 g/mol. The summed E-state index contributed by atoms with van der Waals surface area (Å²) in [6, 6.07) is 7.79. The first kappa shape index (κ1) is 26.5. The van der Waals surface area contributed by atoms with Crippen molar-refractivity contribution in [2.24, 2.45) is 0 Å². The largest absolute Gasteiger partial charge is 0.466 e. The number of aryl methyl sites for hydroxylation is 1. The van der Waals surface area contributed by atoms with Gasteiger partial charge in [0.05, 0.1) is 19.2 Å². The van der Waals surface area contributed by atoms with E-state index in [-0.39, 0.29) is 11.7 Å². The summed E-state index contributed by atoms with van der Waals surface area (Å²) in [5.74, 6) is 0.305. The van der Waals surface area contributed by atoms with Crippen LogP contribution in [0.4, 0.5) is 4.79 Å². The van der Waals surface area contributed by atoms with Crippen LogP contribution in [0.2, 0.25) is 5.15 Å². The molecule has 1 aromatic heterocycles. The van der Waals surface area contributed by atoms with Crippen LogP contribution in [-0.4, -0.2) is 58.6 Å². The smallest absolute Gasteiger partial charge is 0.410 e. The average Bonchev–Trinajstić information content (AvgIpc) is 3.11. The van der Waals surface area contributed by atoms with Crippen molar-refractivity contribution < 1.29 is 23.9 Å². The van der Waals surface area contributed by atoms with Crippen molar-refractivity contribution in [2.75, 3.05) is 20.2 Å². The monoisotopic (exact) mass is 501 g/mol. The zero-order valence-corrected chi connectivity index (χ0v) is 21.6. The predicted octanol–water partition coefficient (Wildman–Crippen LogP) is 4.92. The number of rotatable bonds is 7. The minimum Gasteiger partial charge on any atom is -0.466 e. The molecule has 0 bridgehead atoms. The summed E-state index contributed by atoms with van der Waals surface area (Å²) in [6.07, 6.45) is 2.37. The van der Waals surface area contributed by atoms with Gasteiger partial charge in [0.15, 0.2) is 11.4 Å². The maximum atomic E-state index is 12.6. The van der Waals surface area contributed by atoms with E-state index in [1.807, 2.05) is 35.8 Å². The molecule has 0 N–H and O–H groups in total. The van der Waals surface area contributed by atoms with Crippen molar-refractivity contribution in [1.82, 2.24) is 14.5 Å². The number of benzene rings is 1. The lowest BCUT2D eigenvalue weighted by Crippen LogP contribution is -2.41. The first-order valence-corrected chi connectivity index (χ1v) is 12.0. The standard InChI is InChI=1S/C26H32ClN3O5/c1-6-7-22-28-23(27)21(16-31)30(22)14-17-8-10-18(11-9-17)19-12-13-29(15-20(19)24(32)34-5)25(33)35-26(2,3)4/h8-11,16H,6-7,12-15H2,1-5H3. The van der Waals surface area contributed by atoms with Crippen LogP contribution in [0, 0.1) is 0 Å². The van der Waals surface area contributed by atoms with Gasteiger partial charge in [0.1, 0.15) is 17.1 Å². The van der Waals surface area contributed by atoms with E-state index in [4.69, 9.17) is 21.1 Å². The lowest BCUT2D eigenvalue weighted by molar-refractivity contribution is -0.136. The molecule has 1 aromatic carbocycles. The van der Waals surface area contributed by atoms with Gasteiger partial charge < -0.3 is 18.9 Å². The van der Waals surface area contributed by atoms with E-state index in [2.05, 4.69) is 4.98 Å².